The van der Waals surface area contributed by atoms with Crippen LogP contribution in [-0.2, 0) is 20.7 Å². The molecule has 3 saturated heterocycles. The maximum atomic E-state index is 13.1. The van der Waals surface area contributed by atoms with E-state index in [0.717, 1.165) is 77.3 Å². The van der Waals surface area contributed by atoms with E-state index in [0.29, 0.717) is 31.2 Å². The largest absolute Gasteiger partial charge is 0.381 e. The fraction of sp³-hybridized carbons (Fsp3) is 0.533. The van der Waals surface area contributed by atoms with E-state index in [1.165, 1.54) is 5.56 Å². The first-order valence-corrected chi connectivity index (χ1v) is 14.1. The molecule has 3 aliphatic heterocycles. The van der Waals surface area contributed by atoms with Crippen LogP contribution in [0.3, 0.4) is 0 Å². The highest BCUT2D eigenvalue weighted by molar-refractivity contribution is 6.39. The molecule has 3 heterocycles. The first-order chi connectivity index (χ1) is 18.6. The van der Waals surface area contributed by atoms with Gasteiger partial charge < -0.3 is 25.6 Å². The van der Waals surface area contributed by atoms with E-state index >= 15 is 0 Å². The van der Waals surface area contributed by atoms with Crippen LogP contribution in [0, 0.1) is 11.3 Å². The van der Waals surface area contributed by atoms with Gasteiger partial charge in [-0.15, -0.1) is 0 Å². The molecule has 3 N–H and O–H groups in total. The van der Waals surface area contributed by atoms with Crippen molar-refractivity contribution in [1.29, 1.82) is 0 Å². The lowest BCUT2D eigenvalue weighted by Gasteiger charge is -2.38. The lowest BCUT2D eigenvalue weighted by molar-refractivity contribution is -0.142. The van der Waals surface area contributed by atoms with Crippen LogP contribution < -0.4 is 16.0 Å². The number of amides is 2. The molecule has 1 unspecified atom stereocenters. The van der Waals surface area contributed by atoms with Crippen LogP contribution in [0.5, 0.6) is 0 Å². The van der Waals surface area contributed by atoms with Crippen molar-refractivity contribution < 1.29 is 14.3 Å². The highest BCUT2D eigenvalue weighted by Crippen LogP contribution is 2.42. The van der Waals surface area contributed by atoms with E-state index in [1.54, 1.807) is 4.90 Å². The van der Waals surface area contributed by atoms with E-state index in [2.05, 4.69) is 51.5 Å². The second kappa shape index (κ2) is 12.3. The average molecular weight is 520 g/mol. The molecule has 0 saturated carbocycles. The molecule has 2 aromatic rings. The molecule has 0 radical (unpaired) electrons. The van der Waals surface area contributed by atoms with Crippen molar-refractivity contribution in [2.75, 3.05) is 75.8 Å². The molecule has 8 heteroatoms. The van der Waals surface area contributed by atoms with Crippen LogP contribution in [0.1, 0.15) is 24.8 Å². The van der Waals surface area contributed by atoms with E-state index in [-0.39, 0.29) is 5.41 Å². The number of carbonyl (C=O) groups excluding carboxylic acids is 2. The van der Waals surface area contributed by atoms with Crippen molar-refractivity contribution in [3.05, 3.63) is 60.2 Å². The Morgan fingerprint density at radius 3 is 2.47 bits per heavy atom. The zero-order valence-corrected chi connectivity index (χ0v) is 22.3. The van der Waals surface area contributed by atoms with E-state index < -0.39 is 11.8 Å². The summed E-state index contributed by atoms with van der Waals surface area (Å²) < 4.78 is 5.52. The molecule has 0 bridgehead atoms. The van der Waals surface area contributed by atoms with Crippen LogP contribution >= 0.6 is 0 Å². The summed E-state index contributed by atoms with van der Waals surface area (Å²) in [6, 6.07) is 18.5. The summed E-state index contributed by atoms with van der Waals surface area (Å²) in [6.07, 6.45) is 3.86. The molecule has 0 aromatic heterocycles. The Hall–Kier alpha value is -2.94. The molecule has 204 valence electrons. The van der Waals surface area contributed by atoms with Crippen LogP contribution in [0.25, 0.3) is 0 Å². The van der Waals surface area contributed by atoms with Crippen molar-refractivity contribution in [3.8, 4) is 0 Å². The molecule has 2 amide bonds. The van der Waals surface area contributed by atoms with Crippen molar-refractivity contribution in [3.63, 3.8) is 0 Å². The maximum Gasteiger partial charge on any atom is 0.313 e. The number of hydrogen-bond donors (Lipinski definition) is 2. The summed E-state index contributed by atoms with van der Waals surface area (Å²) in [4.78, 5) is 32.5. The van der Waals surface area contributed by atoms with Gasteiger partial charge in [0.2, 0.25) is 0 Å². The number of rotatable bonds is 7. The normalized spacial score (nSPS) is 23.0. The number of benzene rings is 2. The zero-order chi connectivity index (χ0) is 26.4. The molecule has 0 spiro atoms. The molecule has 2 aromatic carbocycles. The minimum atomic E-state index is -0.576. The van der Waals surface area contributed by atoms with E-state index in [9.17, 15) is 9.59 Å². The van der Waals surface area contributed by atoms with E-state index in [4.69, 9.17) is 10.5 Å². The second-order valence-electron chi connectivity index (χ2n) is 11.0. The monoisotopic (exact) mass is 519 g/mol. The third-order valence-corrected chi connectivity index (χ3v) is 8.76. The molecule has 1 atom stereocenters. The smallest absolute Gasteiger partial charge is 0.313 e. The Bertz CT molecular complexity index is 1080. The Morgan fingerprint density at radius 2 is 1.74 bits per heavy atom. The Kier molecular flexibility index (Phi) is 8.61. The number of carbonyl (C=O) groups is 2. The van der Waals surface area contributed by atoms with Crippen molar-refractivity contribution in [2.24, 2.45) is 17.1 Å². The summed E-state index contributed by atoms with van der Waals surface area (Å²) in [5, 5.41) is 2.85. The Morgan fingerprint density at radius 1 is 0.974 bits per heavy atom. The quantitative estimate of drug-likeness (QED) is 0.547. The number of nitrogens with two attached hydrogens (primary N) is 1. The van der Waals surface area contributed by atoms with Crippen molar-refractivity contribution in [2.45, 2.75) is 25.7 Å². The van der Waals surface area contributed by atoms with Gasteiger partial charge in [-0.25, -0.2) is 0 Å². The first kappa shape index (κ1) is 26.7. The number of ether oxygens (including phenoxy) is 1. The first-order valence-electron chi connectivity index (χ1n) is 14.1. The number of likely N-dealkylation sites (tertiary alicyclic amines) is 1. The van der Waals surface area contributed by atoms with Gasteiger partial charge in [0.05, 0.1) is 0 Å². The van der Waals surface area contributed by atoms with Crippen molar-refractivity contribution >= 4 is 23.2 Å². The third-order valence-electron chi connectivity index (χ3n) is 8.76. The number of anilines is 2. The van der Waals surface area contributed by atoms with Gasteiger partial charge >= 0.3 is 11.8 Å². The van der Waals surface area contributed by atoms with Gasteiger partial charge in [-0.1, -0.05) is 36.4 Å². The highest BCUT2D eigenvalue weighted by atomic mass is 16.5. The molecule has 38 heavy (non-hydrogen) atoms. The number of nitrogens with zero attached hydrogens (tertiary/aromatic N) is 3. The standard InChI is InChI=1S/C30H41N5O3/c31-22-30(25-10-19-38-20-11-25)12-14-35(23-30)29(37)28(36)32-26-7-4-8-27(21-26)34-17-15-33(16-18-34)13-9-24-5-2-1-3-6-24/h1-8,21,25H,9-20,22-23,31H2,(H,32,36). The molecule has 3 fully saturated rings. The summed E-state index contributed by atoms with van der Waals surface area (Å²) in [5.41, 5.74) is 9.20. The molecular weight excluding hydrogens is 478 g/mol. The SMILES string of the molecule is NCC1(C2CCOCC2)CCN(C(=O)C(=O)Nc2cccc(N3CCN(CCc4ccccc4)CC3)c2)C1. The third kappa shape index (κ3) is 6.20. The van der Waals surface area contributed by atoms with Gasteiger partial charge in [-0.05, 0) is 61.9 Å². The minimum absolute atomic E-state index is 0.108. The second-order valence-corrected chi connectivity index (χ2v) is 11.0. The lowest BCUT2D eigenvalue weighted by atomic mass is 9.71. The molecule has 8 nitrogen and oxygen atoms in total. The van der Waals surface area contributed by atoms with Crippen LogP contribution in [0.2, 0.25) is 0 Å². The predicted octanol–water partition coefficient (Wildman–Crippen LogP) is 2.59. The zero-order valence-electron chi connectivity index (χ0n) is 22.3. The summed E-state index contributed by atoms with van der Waals surface area (Å²) in [6.45, 7) is 8.11. The fourth-order valence-electron chi connectivity index (χ4n) is 6.32. The van der Waals surface area contributed by atoms with Gasteiger partial charge in [-0.2, -0.15) is 0 Å². The molecule has 0 aliphatic carbocycles. The summed E-state index contributed by atoms with van der Waals surface area (Å²) >= 11 is 0. The molecule has 5 rings (SSSR count). The minimum Gasteiger partial charge on any atom is -0.381 e. The van der Waals surface area contributed by atoms with Gasteiger partial charge in [0.1, 0.15) is 0 Å². The van der Waals surface area contributed by atoms with Gasteiger partial charge in [0.25, 0.3) is 0 Å². The summed E-state index contributed by atoms with van der Waals surface area (Å²) in [7, 11) is 0. The number of piperazine rings is 1. The van der Waals surface area contributed by atoms with Gasteiger partial charge in [0.15, 0.2) is 0 Å². The van der Waals surface area contributed by atoms with E-state index in [1.807, 2.05) is 18.2 Å². The predicted molar refractivity (Wildman–Crippen MR) is 150 cm³/mol. The number of hydrogen-bond acceptors (Lipinski definition) is 6. The van der Waals surface area contributed by atoms with Gasteiger partial charge in [-0.3, -0.25) is 14.5 Å². The van der Waals surface area contributed by atoms with Crippen LogP contribution in [0.15, 0.2) is 54.6 Å². The maximum absolute atomic E-state index is 13.1. The lowest BCUT2D eigenvalue weighted by Crippen LogP contribution is -2.47. The number of nitrogens with one attached hydrogen (secondary N) is 1. The van der Waals surface area contributed by atoms with Crippen LogP contribution in [0.4, 0.5) is 11.4 Å². The molecular formula is C30H41N5O3. The highest BCUT2D eigenvalue weighted by Gasteiger charge is 2.46. The Balaban J connectivity index is 1.12. The summed E-state index contributed by atoms with van der Waals surface area (Å²) in [5.74, 6) is -0.602. The fourth-order valence-corrected chi connectivity index (χ4v) is 6.32. The molecule has 3 aliphatic rings. The average Bonchev–Trinajstić information content (AvgIpc) is 3.43. The van der Waals surface area contributed by atoms with Crippen molar-refractivity contribution in [1.82, 2.24) is 9.80 Å². The van der Waals surface area contributed by atoms with Gasteiger partial charge in [0, 0.05) is 75.8 Å². The topological polar surface area (TPSA) is 91.1 Å². The Labute approximate surface area is 226 Å². The van der Waals surface area contributed by atoms with Crippen LogP contribution in [-0.4, -0.2) is 87.2 Å².